The molecule has 0 aliphatic heterocycles. The fraction of sp³-hybridized carbons (Fsp3) is 0.200. The van der Waals surface area contributed by atoms with Crippen molar-refractivity contribution in [2.45, 2.75) is 13.0 Å². The highest BCUT2D eigenvalue weighted by molar-refractivity contribution is 5.38. The van der Waals surface area contributed by atoms with Gasteiger partial charge in [-0.05, 0) is 36.8 Å². The SMILES string of the molecule is COc1cccc(Oc2ccc([C@@H](C)N)cc2F)c1. The van der Waals surface area contributed by atoms with E-state index in [4.69, 9.17) is 15.2 Å². The lowest BCUT2D eigenvalue weighted by Crippen LogP contribution is -2.05. The van der Waals surface area contributed by atoms with Crippen LogP contribution in [0.5, 0.6) is 17.2 Å². The number of ether oxygens (including phenoxy) is 2. The van der Waals surface area contributed by atoms with Crippen molar-refractivity contribution in [1.82, 2.24) is 0 Å². The van der Waals surface area contributed by atoms with Crippen molar-refractivity contribution in [2.75, 3.05) is 7.11 Å². The third kappa shape index (κ3) is 3.23. The molecule has 2 aromatic rings. The first-order chi connectivity index (χ1) is 9.10. The van der Waals surface area contributed by atoms with Crippen molar-refractivity contribution in [2.24, 2.45) is 5.73 Å². The van der Waals surface area contributed by atoms with Gasteiger partial charge in [-0.15, -0.1) is 0 Å². The Hall–Kier alpha value is -2.07. The Morgan fingerprint density at radius 2 is 1.84 bits per heavy atom. The molecule has 0 aliphatic rings. The highest BCUT2D eigenvalue weighted by atomic mass is 19.1. The summed E-state index contributed by atoms with van der Waals surface area (Å²) in [4.78, 5) is 0. The predicted octanol–water partition coefficient (Wildman–Crippen LogP) is 3.65. The summed E-state index contributed by atoms with van der Waals surface area (Å²) in [5, 5.41) is 0. The molecule has 2 aromatic carbocycles. The summed E-state index contributed by atoms with van der Waals surface area (Å²) in [6.07, 6.45) is 0. The highest BCUT2D eigenvalue weighted by Crippen LogP contribution is 2.28. The van der Waals surface area contributed by atoms with Crippen LogP contribution in [-0.4, -0.2) is 7.11 Å². The van der Waals surface area contributed by atoms with Crippen LogP contribution in [0.2, 0.25) is 0 Å². The molecule has 100 valence electrons. The molecule has 0 fully saturated rings. The first-order valence-electron chi connectivity index (χ1n) is 5.97. The van der Waals surface area contributed by atoms with E-state index >= 15 is 0 Å². The lowest BCUT2D eigenvalue weighted by molar-refractivity contribution is 0.405. The lowest BCUT2D eigenvalue weighted by atomic mass is 10.1. The second kappa shape index (κ2) is 5.71. The minimum Gasteiger partial charge on any atom is -0.497 e. The van der Waals surface area contributed by atoms with Gasteiger partial charge in [-0.3, -0.25) is 0 Å². The van der Waals surface area contributed by atoms with Crippen LogP contribution in [0.15, 0.2) is 42.5 Å². The molecule has 2 N–H and O–H groups in total. The second-order valence-corrected chi connectivity index (χ2v) is 4.26. The van der Waals surface area contributed by atoms with E-state index < -0.39 is 5.82 Å². The van der Waals surface area contributed by atoms with Gasteiger partial charge in [-0.1, -0.05) is 12.1 Å². The van der Waals surface area contributed by atoms with Crippen LogP contribution in [0.4, 0.5) is 4.39 Å². The molecule has 0 heterocycles. The standard InChI is InChI=1S/C15H16FNO2/c1-10(17)11-6-7-15(14(16)8-11)19-13-5-3-4-12(9-13)18-2/h3-10H,17H2,1-2H3/t10-/m1/s1. The molecule has 3 nitrogen and oxygen atoms in total. The van der Waals surface area contributed by atoms with Crippen LogP contribution in [0.3, 0.4) is 0 Å². The Labute approximate surface area is 111 Å². The third-order valence-electron chi connectivity index (χ3n) is 2.75. The van der Waals surface area contributed by atoms with E-state index in [0.717, 1.165) is 5.56 Å². The first-order valence-corrected chi connectivity index (χ1v) is 5.97. The number of halogens is 1. The zero-order valence-electron chi connectivity index (χ0n) is 10.9. The van der Waals surface area contributed by atoms with Gasteiger partial charge in [0.25, 0.3) is 0 Å². The number of methoxy groups -OCH3 is 1. The van der Waals surface area contributed by atoms with Crippen LogP contribution < -0.4 is 15.2 Å². The quantitative estimate of drug-likeness (QED) is 0.913. The summed E-state index contributed by atoms with van der Waals surface area (Å²) in [6.45, 7) is 1.80. The summed E-state index contributed by atoms with van der Waals surface area (Å²) in [5.74, 6) is 0.909. The Balaban J connectivity index is 2.23. The van der Waals surface area contributed by atoms with Crippen LogP contribution in [0, 0.1) is 5.82 Å². The number of nitrogens with two attached hydrogens (primary N) is 1. The molecule has 0 saturated carbocycles. The van der Waals surface area contributed by atoms with Crippen LogP contribution in [0.25, 0.3) is 0 Å². The maximum absolute atomic E-state index is 13.9. The van der Waals surface area contributed by atoms with Gasteiger partial charge in [0.2, 0.25) is 0 Å². The Morgan fingerprint density at radius 1 is 1.11 bits per heavy atom. The zero-order valence-corrected chi connectivity index (χ0v) is 10.9. The lowest BCUT2D eigenvalue weighted by Gasteiger charge is -2.10. The molecule has 0 bridgehead atoms. The first kappa shape index (κ1) is 13.4. The summed E-state index contributed by atoms with van der Waals surface area (Å²) in [7, 11) is 1.57. The molecule has 0 amide bonds. The maximum atomic E-state index is 13.9. The fourth-order valence-corrected chi connectivity index (χ4v) is 1.67. The summed E-state index contributed by atoms with van der Waals surface area (Å²) >= 11 is 0. The average Bonchev–Trinajstić information content (AvgIpc) is 2.41. The summed E-state index contributed by atoms with van der Waals surface area (Å²) < 4.78 is 24.4. The number of rotatable bonds is 4. The van der Waals surface area contributed by atoms with Gasteiger partial charge in [0.15, 0.2) is 11.6 Å². The van der Waals surface area contributed by atoms with Gasteiger partial charge in [0.05, 0.1) is 7.11 Å². The van der Waals surface area contributed by atoms with Gasteiger partial charge in [-0.2, -0.15) is 0 Å². The molecular weight excluding hydrogens is 245 g/mol. The number of hydrogen-bond acceptors (Lipinski definition) is 3. The van der Waals surface area contributed by atoms with E-state index in [1.54, 1.807) is 50.4 Å². The molecule has 4 heteroatoms. The Kier molecular flexibility index (Phi) is 4.02. The van der Waals surface area contributed by atoms with Crippen molar-refractivity contribution in [3.05, 3.63) is 53.8 Å². The second-order valence-electron chi connectivity index (χ2n) is 4.26. The molecular formula is C15H16FNO2. The van der Waals surface area contributed by atoms with Crippen molar-refractivity contribution in [1.29, 1.82) is 0 Å². The van der Waals surface area contributed by atoms with E-state index in [0.29, 0.717) is 11.5 Å². The molecule has 19 heavy (non-hydrogen) atoms. The fourth-order valence-electron chi connectivity index (χ4n) is 1.67. The largest absolute Gasteiger partial charge is 0.497 e. The predicted molar refractivity (Wildman–Crippen MR) is 72.1 cm³/mol. The van der Waals surface area contributed by atoms with E-state index in [1.165, 1.54) is 6.07 Å². The van der Waals surface area contributed by atoms with Crippen LogP contribution >= 0.6 is 0 Å². The molecule has 2 rings (SSSR count). The zero-order chi connectivity index (χ0) is 13.8. The van der Waals surface area contributed by atoms with Crippen molar-refractivity contribution in [3.63, 3.8) is 0 Å². The van der Waals surface area contributed by atoms with Gasteiger partial charge in [0, 0.05) is 12.1 Å². The topological polar surface area (TPSA) is 44.5 Å². The van der Waals surface area contributed by atoms with E-state index in [1.807, 2.05) is 0 Å². The summed E-state index contributed by atoms with van der Waals surface area (Å²) in [5.41, 5.74) is 6.43. The molecule has 0 saturated heterocycles. The van der Waals surface area contributed by atoms with Crippen molar-refractivity contribution < 1.29 is 13.9 Å². The van der Waals surface area contributed by atoms with E-state index in [9.17, 15) is 4.39 Å². The summed E-state index contributed by atoms with van der Waals surface area (Å²) in [6, 6.07) is 11.5. The molecule has 1 atom stereocenters. The van der Waals surface area contributed by atoms with E-state index in [2.05, 4.69) is 0 Å². The maximum Gasteiger partial charge on any atom is 0.166 e. The smallest absolute Gasteiger partial charge is 0.166 e. The molecule has 0 aromatic heterocycles. The Bertz CT molecular complexity index is 570. The normalized spacial score (nSPS) is 12.0. The average molecular weight is 261 g/mol. The van der Waals surface area contributed by atoms with Gasteiger partial charge in [0.1, 0.15) is 11.5 Å². The van der Waals surface area contributed by atoms with Crippen LogP contribution in [0.1, 0.15) is 18.5 Å². The molecule has 0 aliphatic carbocycles. The van der Waals surface area contributed by atoms with E-state index in [-0.39, 0.29) is 11.8 Å². The molecule has 0 spiro atoms. The van der Waals surface area contributed by atoms with Gasteiger partial charge < -0.3 is 15.2 Å². The molecule has 0 unspecified atom stereocenters. The third-order valence-corrected chi connectivity index (χ3v) is 2.75. The van der Waals surface area contributed by atoms with Gasteiger partial charge in [-0.25, -0.2) is 4.39 Å². The monoisotopic (exact) mass is 261 g/mol. The van der Waals surface area contributed by atoms with Crippen molar-refractivity contribution >= 4 is 0 Å². The van der Waals surface area contributed by atoms with Crippen molar-refractivity contribution in [3.8, 4) is 17.2 Å². The Morgan fingerprint density at radius 3 is 2.47 bits per heavy atom. The molecule has 0 radical (unpaired) electrons. The minimum absolute atomic E-state index is 0.164. The van der Waals surface area contributed by atoms with Crippen LogP contribution in [-0.2, 0) is 0 Å². The number of hydrogen-bond donors (Lipinski definition) is 1. The number of benzene rings is 2. The minimum atomic E-state index is -0.433. The van der Waals surface area contributed by atoms with Gasteiger partial charge >= 0.3 is 0 Å². The highest BCUT2D eigenvalue weighted by Gasteiger charge is 2.08.